The summed E-state index contributed by atoms with van der Waals surface area (Å²) in [6.45, 7) is 9.57. The molecule has 0 aliphatic carbocycles. The van der Waals surface area contributed by atoms with E-state index in [2.05, 4.69) is 63.4 Å². The Morgan fingerprint density at radius 3 is 1.95 bits per heavy atom. The van der Waals surface area contributed by atoms with Crippen molar-refractivity contribution in [2.24, 2.45) is 0 Å². The fourth-order valence-corrected chi connectivity index (χ4v) is 2.32. The maximum atomic E-state index is 5.93. The zero-order valence-corrected chi connectivity index (χ0v) is 14.5. The Kier molecular flexibility index (Phi) is 5.44. The molecule has 0 aliphatic rings. The highest BCUT2D eigenvalue weighted by Gasteiger charge is 2.06. The number of nitrogens with one attached hydrogen (secondary N) is 1. The summed E-state index contributed by atoms with van der Waals surface area (Å²) in [6, 6.07) is 16.6. The Bertz CT molecular complexity index is 631. The molecule has 0 saturated carbocycles. The van der Waals surface area contributed by atoms with Gasteiger partial charge in [0.15, 0.2) is 0 Å². The van der Waals surface area contributed by atoms with Gasteiger partial charge in [0.25, 0.3) is 0 Å². The van der Waals surface area contributed by atoms with Crippen molar-refractivity contribution in [1.82, 2.24) is 5.32 Å². The maximum Gasteiger partial charge on any atom is 0.0406 e. The minimum Gasteiger partial charge on any atom is -0.309 e. The predicted molar refractivity (Wildman–Crippen MR) is 98.3 cm³/mol. The highest BCUT2D eigenvalue weighted by atomic mass is 35.5. The fourth-order valence-electron chi connectivity index (χ4n) is 2.20. The molecule has 0 heterocycles. The van der Waals surface area contributed by atoms with Crippen LogP contribution < -0.4 is 5.32 Å². The highest BCUT2D eigenvalue weighted by Crippen LogP contribution is 2.23. The minimum absolute atomic E-state index is 0.148. The van der Waals surface area contributed by atoms with Crippen LogP contribution in [-0.4, -0.2) is 12.1 Å². The Morgan fingerprint density at radius 2 is 1.45 bits per heavy atom. The zero-order chi connectivity index (χ0) is 16.2. The van der Waals surface area contributed by atoms with Crippen LogP contribution in [-0.2, 0) is 0 Å². The molecule has 2 aromatic rings. The molecular formula is C20H24ClN. The topological polar surface area (TPSA) is 12.0 Å². The standard InChI is InChI=1S/C20H24ClN/c1-15(13-14-22-20(2,3)4)16-5-7-17(8-6-16)18-9-11-19(21)12-10-18/h5-13,22H,14H2,1-4H3/b15-13-. The summed E-state index contributed by atoms with van der Waals surface area (Å²) in [4.78, 5) is 0. The van der Waals surface area contributed by atoms with Crippen LogP contribution in [0.5, 0.6) is 0 Å². The van der Waals surface area contributed by atoms with Crippen molar-refractivity contribution in [3.05, 3.63) is 65.2 Å². The molecule has 0 bridgehead atoms. The van der Waals surface area contributed by atoms with Crippen LogP contribution in [0, 0.1) is 0 Å². The van der Waals surface area contributed by atoms with E-state index in [9.17, 15) is 0 Å². The molecule has 2 heteroatoms. The van der Waals surface area contributed by atoms with Gasteiger partial charge in [-0.05, 0) is 62.1 Å². The second-order valence-corrected chi connectivity index (χ2v) is 7.04. The zero-order valence-electron chi connectivity index (χ0n) is 13.8. The second kappa shape index (κ2) is 7.13. The molecule has 116 valence electrons. The number of hydrogen-bond acceptors (Lipinski definition) is 1. The van der Waals surface area contributed by atoms with Crippen LogP contribution in [0.3, 0.4) is 0 Å². The van der Waals surface area contributed by atoms with E-state index in [0.717, 1.165) is 11.6 Å². The van der Waals surface area contributed by atoms with Crippen LogP contribution in [0.1, 0.15) is 33.3 Å². The third-order valence-corrected chi connectivity index (χ3v) is 3.81. The molecule has 0 aromatic heterocycles. The number of allylic oxidation sites excluding steroid dienone is 1. The summed E-state index contributed by atoms with van der Waals surface area (Å²) < 4.78 is 0. The van der Waals surface area contributed by atoms with Gasteiger partial charge in [-0.15, -0.1) is 0 Å². The van der Waals surface area contributed by atoms with Crippen molar-refractivity contribution in [2.45, 2.75) is 33.2 Å². The Hall–Kier alpha value is -1.57. The van der Waals surface area contributed by atoms with Gasteiger partial charge in [-0.3, -0.25) is 0 Å². The van der Waals surface area contributed by atoms with E-state index >= 15 is 0 Å². The normalized spacial score (nSPS) is 12.5. The molecule has 1 nitrogen and oxygen atoms in total. The van der Waals surface area contributed by atoms with Crippen molar-refractivity contribution >= 4 is 17.2 Å². The predicted octanol–water partition coefficient (Wildman–Crippen LogP) is 5.80. The molecule has 0 unspecified atom stereocenters. The summed E-state index contributed by atoms with van der Waals surface area (Å²) in [6.07, 6.45) is 2.24. The molecular weight excluding hydrogens is 290 g/mol. The quantitative estimate of drug-likeness (QED) is 0.752. The van der Waals surface area contributed by atoms with Gasteiger partial charge in [-0.2, -0.15) is 0 Å². The van der Waals surface area contributed by atoms with Crippen molar-refractivity contribution < 1.29 is 0 Å². The first-order valence-electron chi connectivity index (χ1n) is 7.63. The van der Waals surface area contributed by atoms with Crippen LogP contribution in [0.25, 0.3) is 16.7 Å². The number of rotatable bonds is 4. The van der Waals surface area contributed by atoms with Crippen molar-refractivity contribution in [2.75, 3.05) is 6.54 Å². The third-order valence-electron chi connectivity index (χ3n) is 3.56. The minimum atomic E-state index is 0.148. The Balaban J connectivity index is 2.08. The molecule has 2 rings (SSSR count). The molecule has 0 atom stereocenters. The molecule has 22 heavy (non-hydrogen) atoms. The van der Waals surface area contributed by atoms with Gasteiger partial charge in [0, 0.05) is 17.1 Å². The van der Waals surface area contributed by atoms with Crippen molar-refractivity contribution in [3.8, 4) is 11.1 Å². The molecule has 0 saturated heterocycles. The first-order chi connectivity index (χ1) is 10.3. The lowest BCUT2D eigenvalue weighted by atomic mass is 10.0. The molecule has 0 aliphatic heterocycles. The molecule has 0 radical (unpaired) electrons. The van der Waals surface area contributed by atoms with E-state index in [4.69, 9.17) is 11.6 Å². The first-order valence-corrected chi connectivity index (χ1v) is 8.01. The monoisotopic (exact) mass is 313 g/mol. The summed E-state index contributed by atoms with van der Waals surface area (Å²) in [7, 11) is 0. The van der Waals surface area contributed by atoms with Gasteiger partial charge in [0.2, 0.25) is 0 Å². The van der Waals surface area contributed by atoms with E-state index in [-0.39, 0.29) is 5.54 Å². The lowest BCUT2D eigenvalue weighted by Gasteiger charge is -2.19. The lowest BCUT2D eigenvalue weighted by Crippen LogP contribution is -2.35. The van der Waals surface area contributed by atoms with Crippen LogP contribution >= 0.6 is 11.6 Å². The summed E-state index contributed by atoms with van der Waals surface area (Å²) in [5.41, 5.74) is 5.09. The van der Waals surface area contributed by atoms with Crippen molar-refractivity contribution in [3.63, 3.8) is 0 Å². The molecule has 1 N–H and O–H groups in total. The van der Waals surface area contributed by atoms with E-state index in [1.165, 1.54) is 22.3 Å². The number of hydrogen-bond donors (Lipinski definition) is 1. The van der Waals surface area contributed by atoms with Gasteiger partial charge < -0.3 is 5.32 Å². The van der Waals surface area contributed by atoms with E-state index in [1.807, 2.05) is 24.3 Å². The van der Waals surface area contributed by atoms with Crippen LogP contribution in [0.2, 0.25) is 5.02 Å². The van der Waals surface area contributed by atoms with Crippen LogP contribution in [0.15, 0.2) is 54.6 Å². The summed E-state index contributed by atoms with van der Waals surface area (Å²) >= 11 is 5.93. The average Bonchev–Trinajstić information content (AvgIpc) is 2.47. The van der Waals surface area contributed by atoms with E-state index < -0.39 is 0 Å². The van der Waals surface area contributed by atoms with Gasteiger partial charge in [-0.25, -0.2) is 0 Å². The van der Waals surface area contributed by atoms with Crippen LogP contribution in [0.4, 0.5) is 0 Å². The SMILES string of the molecule is C/C(=C/CNC(C)(C)C)c1ccc(-c2ccc(Cl)cc2)cc1. The molecule has 2 aromatic carbocycles. The molecule has 0 amide bonds. The number of benzene rings is 2. The summed E-state index contributed by atoms with van der Waals surface area (Å²) in [5.74, 6) is 0. The maximum absolute atomic E-state index is 5.93. The first kappa shape index (κ1) is 16.8. The Labute approximate surface area is 139 Å². The smallest absolute Gasteiger partial charge is 0.0406 e. The lowest BCUT2D eigenvalue weighted by molar-refractivity contribution is 0.449. The molecule has 0 spiro atoms. The van der Waals surface area contributed by atoms with E-state index in [0.29, 0.717) is 0 Å². The largest absolute Gasteiger partial charge is 0.309 e. The fraction of sp³-hybridized carbons (Fsp3) is 0.300. The highest BCUT2D eigenvalue weighted by molar-refractivity contribution is 6.30. The van der Waals surface area contributed by atoms with E-state index in [1.54, 1.807) is 0 Å². The van der Waals surface area contributed by atoms with Gasteiger partial charge in [-0.1, -0.05) is 54.1 Å². The van der Waals surface area contributed by atoms with Gasteiger partial charge >= 0.3 is 0 Å². The number of halogens is 1. The Morgan fingerprint density at radius 1 is 0.955 bits per heavy atom. The molecule has 0 fully saturated rings. The third kappa shape index (κ3) is 5.01. The van der Waals surface area contributed by atoms with Gasteiger partial charge in [0.1, 0.15) is 0 Å². The van der Waals surface area contributed by atoms with Crippen molar-refractivity contribution in [1.29, 1.82) is 0 Å². The van der Waals surface area contributed by atoms with Gasteiger partial charge in [0.05, 0.1) is 0 Å². The average molecular weight is 314 g/mol. The summed E-state index contributed by atoms with van der Waals surface area (Å²) in [5, 5.41) is 4.25. The second-order valence-electron chi connectivity index (χ2n) is 6.60.